The van der Waals surface area contributed by atoms with Crippen LogP contribution in [0.15, 0.2) is 110 Å². The lowest BCUT2D eigenvalue weighted by atomic mass is 9.77. The molecule has 0 bridgehead atoms. The summed E-state index contributed by atoms with van der Waals surface area (Å²) in [6.45, 7) is 4.48. The van der Waals surface area contributed by atoms with Crippen molar-refractivity contribution < 1.29 is 14.4 Å². The third-order valence-corrected chi connectivity index (χ3v) is 7.19. The van der Waals surface area contributed by atoms with Gasteiger partial charge in [-0.15, -0.1) is 0 Å². The van der Waals surface area contributed by atoms with E-state index < -0.39 is 13.8 Å². The van der Waals surface area contributed by atoms with Crippen molar-refractivity contribution in [2.45, 2.75) is 44.7 Å². The molecule has 3 aromatic carbocycles. The Balaban J connectivity index is 0.000000867. The molecule has 5 rings (SSSR count). The number of nitrogens with zero attached hydrogens (tertiary/aromatic N) is 6. The highest BCUT2D eigenvalue weighted by molar-refractivity contribution is 7.30. The van der Waals surface area contributed by atoms with Crippen molar-refractivity contribution in [2.75, 3.05) is 0 Å². The minimum Gasteiger partial charge on any atom is -0.326 e. The SMILES string of the molecule is CCC(CC)CC(c1ncn(C(c2ccccc2)(c2ccccc2)c2ccccc2)n1)n1cncn1.O=[PH](O)O. The number of benzene rings is 3. The molecule has 10 heteroatoms. The number of hydrogen-bond donors (Lipinski definition) is 2. The van der Waals surface area contributed by atoms with Gasteiger partial charge in [0.25, 0.3) is 0 Å². The molecule has 0 aliphatic carbocycles. The first-order valence-corrected chi connectivity index (χ1v) is 14.7. The van der Waals surface area contributed by atoms with E-state index in [0.29, 0.717) is 5.92 Å². The molecule has 1 atom stereocenters. The van der Waals surface area contributed by atoms with Crippen LogP contribution in [0.1, 0.15) is 61.7 Å². The quantitative estimate of drug-likeness (QED) is 0.172. The Hall–Kier alpha value is -3.91. The second-order valence-corrected chi connectivity index (χ2v) is 10.0. The van der Waals surface area contributed by atoms with Crippen molar-refractivity contribution >= 4 is 8.25 Å². The maximum Gasteiger partial charge on any atom is 0.314 e. The molecule has 0 saturated heterocycles. The summed E-state index contributed by atoms with van der Waals surface area (Å²) in [6, 6.07) is 31.6. The summed E-state index contributed by atoms with van der Waals surface area (Å²) in [4.78, 5) is 23.4. The van der Waals surface area contributed by atoms with Gasteiger partial charge in [0.2, 0.25) is 0 Å². The van der Waals surface area contributed by atoms with Crippen molar-refractivity contribution in [2.24, 2.45) is 5.92 Å². The molecule has 208 valence electrons. The first-order chi connectivity index (χ1) is 19.5. The lowest BCUT2D eigenvalue weighted by Crippen LogP contribution is -2.38. The van der Waals surface area contributed by atoms with Crippen LogP contribution < -0.4 is 0 Å². The van der Waals surface area contributed by atoms with Crippen molar-refractivity contribution in [1.82, 2.24) is 29.5 Å². The molecule has 0 amide bonds. The molecule has 0 spiro atoms. The molecule has 5 aromatic rings. The molecule has 0 aliphatic rings. The van der Waals surface area contributed by atoms with Gasteiger partial charge < -0.3 is 9.79 Å². The van der Waals surface area contributed by atoms with E-state index in [1.54, 1.807) is 12.7 Å². The van der Waals surface area contributed by atoms with Crippen LogP contribution in [0.25, 0.3) is 0 Å². The highest BCUT2D eigenvalue weighted by Gasteiger charge is 2.40. The molecule has 9 nitrogen and oxygen atoms in total. The average Bonchev–Trinajstić information content (AvgIpc) is 3.70. The zero-order valence-electron chi connectivity index (χ0n) is 22.7. The minimum absolute atomic E-state index is 0.0846. The van der Waals surface area contributed by atoms with Crippen LogP contribution in [0.2, 0.25) is 0 Å². The standard InChI is InChI=1S/C30H32N6.H3O3P/c1-3-24(4-2)20-28(35-22-31-21-33-35)29-32-23-36(34-29)30(25-14-8-5-9-15-25,26-16-10-6-11-17-26)27-18-12-7-13-19-27;1-4(2)3/h5-19,21-24,28H,3-4,20H2,1-2H3;4H,(H2,1,2,3). The predicted molar refractivity (Wildman–Crippen MR) is 155 cm³/mol. The van der Waals surface area contributed by atoms with Crippen LogP contribution in [0.4, 0.5) is 0 Å². The van der Waals surface area contributed by atoms with E-state index in [-0.39, 0.29) is 6.04 Å². The first-order valence-electron chi connectivity index (χ1n) is 13.3. The van der Waals surface area contributed by atoms with Crippen LogP contribution in [0.3, 0.4) is 0 Å². The Morgan fingerprint density at radius 3 is 1.68 bits per heavy atom. The molecular weight excluding hydrogens is 523 g/mol. The third-order valence-electron chi connectivity index (χ3n) is 7.19. The number of hydrogen-bond acceptors (Lipinski definition) is 5. The highest BCUT2D eigenvalue weighted by Crippen LogP contribution is 2.40. The minimum atomic E-state index is -3.13. The van der Waals surface area contributed by atoms with Gasteiger partial charge in [0.15, 0.2) is 5.82 Å². The van der Waals surface area contributed by atoms with E-state index in [2.05, 4.69) is 96.7 Å². The summed E-state index contributed by atoms with van der Waals surface area (Å²) in [7, 11) is -3.13. The Morgan fingerprint density at radius 1 is 0.800 bits per heavy atom. The zero-order valence-corrected chi connectivity index (χ0v) is 23.7. The maximum atomic E-state index is 8.74. The molecule has 0 aliphatic heterocycles. The molecule has 0 fully saturated rings. The summed E-state index contributed by atoms with van der Waals surface area (Å²) in [6.07, 6.45) is 8.34. The Labute approximate surface area is 235 Å². The zero-order chi connectivity index (χ0) is 28.4. The van der Waals surface area contributed by atoms with E-state index in [1.165, 1.54) is 0 Å². The Bertz CT molecular complexity index is 1340. The van der Waals surface area contributed by atoms with Gasteiger partial charge in [-0.05, 0) is 29.0 Å². The van der Waals surface area contributed by atoms with Crippen LogP contribution in [0.5, 0.6) is 0 Å². The first kappa shape index (κ1) is 29.1. The Kier molecular flexibility index (Phi) is 10.1. The second-order valence-electron chi connectivity index (χ2n) is 9.45. The second kappa shape index (κ2) is 13.9. The predicted octanol–water partition coefficient (Wildman–Crippen LogP) is 5.49. The third kappa shape index (κ3) is 6.45. The van der Waals surface area contributed by atoms with Gasteiger partial charge in [0.1, 0.15) is 30.6 Å². The van der Waals surface area contributed by atoms with Crippen molar-refractivity contribution in [1.29, 1.82) is 0 Å². The van der Waals surface area contributed by atoms with Gasteiger partial charge in [0.05, 0.1) is 0 Å². The fraction of sp³-hybridized carbons (Fsp3) is 0.267. The van der Waals surface area contributed by atoms with Gasteiger partial charge in [-0.25, -0.2) is 19.3 Å². The van der Waals surface area contributed by atoms with E-state index in [1.807, 2.05) is 33.9 Å². The Morgan fingerprint density at radius 2 is 1.27 bits per heavy atom. The topological polar surface area (TPSA) is 119 Å². The molecule has 2 heterocycles. The van der Waals surface area contributed by atoms with Crippen molar-refractivity contribution in [3.63, 3.8) is 0 Å². The van der Waals surface area contributed by atoms with Gasteiger partial charge in [-0.1, -0.05) is 118 Å². The fourth-order valence-corrected chi connectivity index (χ4v) is 5.17. The average molecular weight is 559 g/mol. The van der Waals surface area contributed by atoms with Crippen LogP contribution in [0, 0.1) is 5.92 Å². The smallest absolute Gasteiger partial charge is 0.314 e. The number of rotatable bonds is 10. The molecule has 2 aromatic heterocycles. The molecule has 2 N–H and O–H groups in total. The summed E-state index contributed by atoms with van der Waals surface area (Å²) >= 11 is 0. The van der Waals surface area contributed by atoms with Crippen molar-refractivity contribution in [3.8, 4) is 0 Å². The lowest BCUT2D eigenvalue weighted by molar-refractivity contribution is 0.350. The normalized spacial score (nSPS) is 12.2. The van der Waals surface area contributed by atoms with Crippen LogP contribution in [-0.4, -0.2) is 39.3 Å². The summed E-state index contributed by atoms with van der Waals surface area (Å²) in [5.74, 6) is 1.30. The summed E-state index contributed by atoms with van der Waals surface area (Å²) < 4.78 is 12.7. The molecule has 1 unspecified atom stereocenters. The van der Waals surface area contributed by atoms with Crippen molar-refractivity contribution in [3.05, 3.63) is 132 Å². The summed E-state index contributed by atoms with van der Waals surface area (Å²) in [5.41, 5.74) is 2.68. The highest BCUT2D eigenvalue weighted by atomic mass is 31.1. The lowest BCUT2D eigenvalue weighted by Gasteiger charge is -2.36. The van der Waals surface area contributed by atoms with E-state index in [4.69, 9.17) is 24.4 Å². The molecule has 0 radical (unpaired) electrons. The molecular formula is C30H35N6O3P. The van der Waals surface area contributed by atoms with Crippen LogP contribution in [-0.2, 0) is 10.1 Å². The largest absolute Gasteiger partial charge is 0.326 e. The monoisotopic (exact) mass is 558 g/mol. The van der Waals surface area contributed by atoms with Gasteiger partial charge in [0, 0.05) is 0 Å². The van der Waals surface area contributed by atoms with Gasteiger partial charge in [-0.3, -0.25) is 4.57 Å². The number of aromatic nitrogens is 6. The molecule has 0 saturated carbocycles. The van der Waals surface area contributed by atoms with Gasteiger partial charge in [-0.2, -0.15) is 10.2 Å². The summed E-state index contributed by atoms with van der Waals surface area (Å²) in [5, 5.41) is 9.68. The molecule has 40 heavy (non-hydrogen) atoms. The van der Waals surface area contributed by atoms with Crippen LogP contribution >= 0.6 is 8.25 Å². The fourth-order valence-electron chi connectivity index (χ4n) is 5.17. The van der Waals surface area contributed by atoms with E-state index in [0.717, 1.165) is 41.8 Å². The maximum absolute atomic E-state index is 8.74. The van der Waals surface area contributed by atoms with Gasteiger partial charge >= 0.3 is 8.25 Å². The van der Waals surface area contributed by atoms with E-state index >= 15 is 0 Å². The van der Waals surface area contributed by atoms with E-state index in [9.17, 15) is 0 Å².